The second-order valence-electron chi connectivity index (χ2n) is 5.15. The summed E-state index contributed by atoms with van der Waals surface area (Å²) in [5, 5.41) is 4.18. The first kappa shape index (κ1) is 17.3. The maximum atomic E-state index is 12.3. The molecule has 3 rings (SSSR count). The van der Waals surface area contributed by atoms with Crippen molar-refractivity contribution in [2.24, 2.45) is 0 Å². The first-order valence-corrected chi connectivity index (χ1v) is 9.74. The number of thiophene rings is 1. The highest BCUT2D eigenvalue weighted by molar-refractivity contribution is 7.89. The highest BCUT2D eigenvalue weighted by Crippen LogP contribution is 2.21. The number of rotatable bonds is 6. The smallest absolute Gasteiger partial charge is 0.265 e. The summed E-state index contributed by atoms with van der Waals surface area (Å²) in [5.41, 5.74) is 1.41. The van der Waals surface area contributed by atoms with E-state index in [4.69, 9.17) is 0 Å². The van der Waals surface area contributed by atoms with Crippen LogP contribution in [0.5, 0.6) is 0 Å². The van der Waals surface area contributed by atoms with Gasteiger partial charge in [0.2, 0.25) is 10.0 Å². The predicted octanol–water partition coefficient (Wildman–Crippen LogP) is 2.87. The zero-order valence-electron chi connectivity index (χ0n) is 13.0. The summed E-state index contributed by atoms with van der Waals surface area (Å²) < 4.78 is 27.2. The van der Waals surface area contributed by atoms with E-state index < -0.39 is 10.0 Å². The molecule has 2 heterocycles. The highest BCUT2D eigenvalue weighted by Gasteiger charge is 2.18. The lowest BCUT2D eigenvalue weighted by Gasteiger charge is -2.04. The highest BCUT2D eigenvalue weighted by atomic mass is 32.2. The summed E-state index contributed by atoms with van der Waals surface area (Å²) in [6, 6.07) is 13.9. The van der Waals surface area contributed by atoms with Crippen LogP contribution in [0, 0.1) is 0 Å². The van der Waals surface area contributed by atoms with Crippen molar-refractivity contribution < 1.29 is 13.2 Å². The van der Waals surface area contributed by atoms with Gasteiger partial charge >= 0.3 is 0 Å². The fourth-order valence-corrected chi connectivity index (χ4v) is 4.24. The van der Waals surface area contributed by atoms with Crippen LogP contribution in [0.3, 0.4) is 0 Å². The molecule has 0 saturated heterocycles. The van der Waals surface area contributed by atoms with Gasteiger partial charge in [-0.25, -0.2) is 13.1 Å². The van der Waals surface area contributed by atoms with Crippen LogP contribution in [-0.2, 0) is 16.6 Å². The maximum absolute atomic E-state index is 12.3. The first-order chi connectivity index (χ1) is 12.0. The Kier molecular flexibility index (Phi) is 5.22. The summed E-state index contributed by atoms with van der Waals surface area (Å²) in [4.78, 5) is 16.5. The third-order valence-electron chi connectivity index (χ3n) is 3.33. The largest absolute Gasteiger partial charge is 0.321 e. The fraction of sp³-hybridized carbons (Fsp3) is 0.0588. The van der Waals surface area contributed by atoms with Crippen LogP contribution in [0.1, 0.15) is 15.2 Å². The standard InChI is InChI=1S/C17H15N3O3S2/c21-17(20-14-6-2-1-3-7-14)16-9-15(12-24-16)25(22,23)19-11-13-5-4-8-18-10-13/h1-10,12,19H,11H2,(H,20,21). The Balaban J connectivity index is 1.68. The molecule has 1 amide bonds. The van der Waals surface area contributed by atoms with E-state index >= 15 is 0 Å². The van der Waals surface area contributed by atoms with Gasteiger partial charge in [-0.1, -0.05) is 24.3 Å². The number of hydrogen-bond acceptors (Lipinski definition) is 5. The number of anilines is 1. The van der Waals surface area contributed by atoms with Crippen LogP contribution in [0.2, 0.25) is 0 Å². The third-order valence-corrected chi connectivity index (χ3v) is 5.79. The molecule has 0 fully saturated rings. The molecule has 0 atom stereocenters. The lowest BCUT2D eigenvalue weighted by atomic mass is 10.3. The van der Waals surface area contributed by atoms with Gasteiger partial charge in [0, 0.05) is 30.0 Å². The predicted molar refractivity (Wildman–Crippen MR) is 97.0 cm³/mol. The number of aromatic nitrogens is 1. The molecule has 6 nitrogen and oxygen atoms in total. The minimum absolute atomic E-state index is 0.0691. The van der Waals surface area contributed by atoms with Crippen LogP contribution in [0.25, 0.3) is 0 Å². The number of nitrogens with one attached hydrogen (secondary N) is 2. The molecule has 25 heavy (non-hydrogen) atoms. The first-order valence-electron chi connectivity index (χ1n) is 7.38. The molecule has 0 aliphatic carbocycles. The van der Waals surface area contributed by atoms with Crippen molar-refractivity contribution in [3.05, 3.63) is 76.7 Å². The lowest BCUT2D eigenvalue weighted by molar-refractivity contribution is 0.103. The molecule has 0 aliphatic rings. The summed E-state index contributed by atoms with van der Waals surface area (Å²) in [5.74, 6) is -0.343. The molecular weight excluding hydrogens is 358 g/mol. The minimum Gasteiger partial charge on any atom is -0.321 e. The van der Waals surface area contributed by atoms with Crippen molar-refractivity contribution in [1.82, 2.24) is 9.71 Å². The van der Waals surface area contributed by atoms with E-state index in [0.717, 1.165) is 16.9 Å². The van der Waals surface area contributed by atoms with Crippen molar-refractivity contribution >= 4 is 33.0 Å². The van der Waals surface area contributed by atoms with E-state index in [1.54, 1.807) is 36.7 Å². The molecule has 0 bridgehead atoms. The Morgan fingerprint density at radius 2 is 1.92 bits per heavy atom. The second-order valence-corrected chi connectivity index (χ2v) is 7.83. The van der Waals surface area contributed by atoms with E-state index in [0.29, 0.717) is 10.6 Å². The molecule has 0 unspecified atom stereocenters. The Morgan fingerprint density at radius 1 is 1.12 bits per heavy atom. The molecule has 0 spiro atoms. The number of nitrogens with zero attached hydrogens (tertiary/aromatic N) is 1. The number of amides is 1. The van der Waals surface area contributed by atoms with Gasteiger partial charge in [-0.05, 0) is 29.8 Å². The van der Waals surface area contributed by atoms with Crippen LogP contribution in [0.4, 0.5) is 5.69 Å². The Morgan fingerprint density at radius 3 is 2.64 bits per heavy atom. The van der Waals surface area contributed by atoms with Gasteiger partial charge in [-0.15, -0.1) is 11.3 Å². The van der Waals surface area contributed by atoms with Gasteiger partial charge < -0.3 is 5.32 Å². The van der Waals surface area contributed by atoms with Crippen LogP contribution >= 0.6 is 11.3 Å². The normalized spacial score (nSPS) is 11.2. The molecular formula is C17H15N3O3S2. The van der Waals surface area contributed by atoms with Crippen molar-refractivity contribution in [3.8, 4) is 0 Å². The summed E-state index contributed by atoms with van der Waals surface area (Å²) in [6.07, 6.45) is 3.21. The fourth-order valence-electron chi connectivity index (χ4n) is 2.06. The van der Waals surface area contributed by atoms with Gasteiger partial charge in [0.25, 0.3) is 5.91 Å². The average molecular weight is 373 g/mol. The van der Waals surface area contributed by atoms with E-state index in [9.17, 15) is 13.2 Å². The molecule has 0 radical (unpaired) electrons. The molecule has 3 aromatic rings. The topological polar surface area (TPSA) is 88.2 Å². The Bertz CT molecular complexity index is 955. The third kappa shape index (κ3) is 4.50. The van der Waals surface area contributed by atoms with Crippen molar-refractivity contribution in [1.29, 1.82) is 0 Å². The number of para-hydroxylation sites is 1. The zero-order chi connectivity index (χ0) is 17.7. The van der Waals surface area contributed by atoms with E-state index in [-0.39, 0.29) is 17.3 Å². The lowest BCUT2D eigenvalue weighted by Crippen LogP contribution is -2.22. The molecule has 0 saturated carbocycles. The SMILES string of the molecule is O=C(Nc1ccccc1)c1cc(S(=O)(=O)NCc2cccnc2)cs1. The molecule has 128 valence electrons. The van der Waals surface area contributed by atoms with E-state index in [2.05, 4.69) is 15.0 Å². The quantitative estimate of drug-likeness (QED) is 0.695. The Labute approximate surface area is 149 Å². The summed E-state index contributed by atoms with van der Waals surface area (Å²) in [6.45, 7) is 0.136. The molecule has 2 aromatic heterocycles. The monoisotopic (exact) mass is 373 g/mol. The van der Waals surface area contributed by atoms with E-state index in [1.165, 1.54) is 11.4 Å². The van der Waals surface area contributed by atoms with Crippen molar-refractivity contribution in [2.45, 2.75) is 11.4 Å². The van der Waals surface area contributed by atoms with Gasteiger partial charge in [-0.3, -0.25) is 9.78 Å². The number of carbonyl (C=O) groups is 1. The van der Waals surface area contributed by atoms with Gasteiger partial charge in [0.1, 0.15) is 0 Å². The summed E-state index contributed by atoms with van der Waals surface area (Å²) >= 11 is 1.08. The number of sulfonamides is 1. The van der Waals surface area contributed by atoms with E-state index in [1.807, 2.05) is 18.2 Å². The maximum Gasteiger partial charge on any atom is 0.265 e. The molecule has 8 heteroatoms. The van der Waals surface area contributed by atoms with Crippen molar-refractivity contribution in [2.75, 3.05) is 5.32 Å². The van der Waals surface area contributed by atoms with Gasteiger partial charge in [0.15, 0.2) is 0 Å². The van der Waals surface area contributed by atoms with Crippen LogP contribution < -0.4 is 10.0 Å². The number of hydrogen-bond donors (Lipinski definition) is 2. The van der Waals surface area contributed by atoms with Crippen LogP contribution in [0.15, 0.2) is 71.2 Å². The number of pyridine rings is 1. The second kappa shape index (κ2) is 7.56. The average Bonchev–Trinajstić information content (AvgIpc) is 3.13. The summed E-state index contributed by atoms with van der Waals surface area (Å²) in [7, 11) is -3.69. The number of carbonyl (C=O) groups excluding carboxylic acids is 1. The molecule has 1 aromatic carbocycles. The minimum atomic E-state index is -3.69. The number of benzene rings is 1. The van der Waals surface area contributed by atoms with Gasteiger partial charge in [0.05, 0.1) is 9.77 Å². The van der Waals surface area contributed by atoms with Crippen molar-refractivity contribution in [3.63, 3.8) is 0 Å². The zero-order valence-corrected chi connectivity index (χ0v) is 14.7. The molecule has 2 N–H and O–H groups in total. The Hall–Kier alpha value is -2.55. The van der Waals surface area contributed by atoms with Gasteiger partial charge in [-0.2, -0.15) is 0 Å². The molecule has 0 aliphatic heterocycles. The van der Waals surface area contributed by atoms with Crippen LogP contribution in [-0.4, -0.2) is 19.3 Å².